The van der Waals surface area contributed by atoms with Gasteiger partial charge >= 0.3 is 0 Å². The van der Waals surface area contributed by atoms with Crippen molar-refractivity contribution in [3.63, 3.8) is 0 Å². The van der Waals surface area contributed by atoms with Crippen molar-refractivity contribution < 1.29 is 4.79 Å². The van der Waals surface area contributed by atoms with Gasteiger partial charge in [0.2, 0.25) is 5.91 Å². The number of benzene rings is 1. The van der Waals surface area contributed by atoms with Gasteiger partial charge in [-0.3, -0.25) is 4.79 Å². The van der Waals surface area contributed by atoms with E-state index in [2.05, 4.69) is 35.9 Å². The van der Waals surface area contributed by atoms with Crippen LogP contribution >= 0.6 is 11.6 Å². The second-order valence-electron chi connectivity index (χ2n) is 5.42. The molecular weight excluding hydrogens is 296 g/mol. The number of unbranched alkanes of at least 4 members (excludes halogenated alkanes) is 1. The molecule has 0 spiro atoms. The lowest BCUT2D eigenvalue weighted by molar-refractivity contribution is -0.129. The maximum absolute atomic E-state index is 12.0. The Morgan fingerprint density at radius 2 is 1.95 bits per heavy atom. The average Bonchev–Trinajstić information content (AvgIpc) is 2.98. The Morgan fingerprint density at radius 3 is 2.64 bits per heavy atom. The molecule has 0 aliphatic rings. The van der Waals surface area contributed by atoms with Gasteiger partial charge in [-0.25, -0.2) is 0 Å². The zero-order valence-electron chi connectivity index (χ0n) is 13.0. The normalized spacial score (nSPS) is 10.6. The minimum absolute atomic E-state index is 0.00239. The number of halogens is 1. The number of alkyl halides is 1. The van der Waals surface area contributed by atoms with Gasteiger partial charge in [0, 0.05) is 25.0 Å². The van der Waals surface area contributed by atoms with Crippen LogP contribution in [0.15, 0.2) is 48.7 Å². The number of nitrogens with zero attached hydrogens (tertiary/aromatic N) is 2. The molecule has 0 saturated heterocycles. The zero-order chi connectivity index (χ0) is 15.8. The highest BCUT2D eigenvalue weighted by molar-refractivity contribution is 6.27. The Bertz CT molecular complexity index is 580. The molecule has 1 amide bonds. The van der Waals surface area contributed by atoms with E-state index < -0.39 is 0 Å². The van der Waals surface area contributed by atoms with Crippen molar-refractivity contribution in [2.75, 3.05) is 12.4 Å². The largest absolute Gasteiger partial charge is 0.345 e. The van der Waals surface area contributed by atoms with E-state index in [0.29, 0.717) is 6.54 Å². The lowest BCUT2D eigenvalue weighted by Crippen LogP contribution is -2.33. The molecule has 0 unspecified atom stereocenters. The Labute approximate surface area is 137 Å². The minimum atomic E-state index is 0.00239. The van der Waals surface area contributed by atoms with Crippen molar-refractivity contribution in [2.24, 2.45) is 0 Å². The average molecular weight is 319 g/mol. The fraction of sp³-hybridized carbons (Fsp3) is 0.389. The number of hydrogen-bond acceptors (Lipinski definition) is 1. The molecule has 0 bridgehead atoms. The van der Waals surface area contributed by atoms with E-state index >= 15 is 0 Å². The van der Waals surface area contributed by atoms with Crippen LogP contribution in [-0.4, -0.2) is 27.8 Å². The molecule has 1 aromatic carbocycles. The number of hydrogen-bond donors (Lipinski definition) is 0. The van der Waals surface area contributed by atoms with Crippen LogP contribution in [0.3, 0.4) is 0 Å². The van der Waals surface area contributed by atoms with E-state index in [-0.39, 0.29) is 11.8 Å². The van der Waals surface area contributed by atoms with Gasteiger partial charge in [0.1, 0.15) is 5.88 Å². The van der Waals surface area contributed by atoms with E-state index in [1.165, 1.54) is 5.56 Å². The molecular formula is C18H23ClN2O. The Balaban J connectivity index is 2.08. The first-order chi connectivity index (χ1) is 10.7. The lowest BCUT2D eigenvalue weighted by Gasteiger charge is -2.22. The molecule has 2 aromatic rings. The summed E-state index contributed by atoms with van der Waals surface area (Å²) in [7, 11) is 0. The van der Waals surface area contributed by atoms with E-state index in [4.69, 9.17) is 11.6 Å². The molecule has 4 heteroatoms. The number of aromatic nitrogens is 1. The molecule has 0 atom stereocenters. The van der Waals surface area contributed by atoms with Crippen molar-refractivity contribution >= 4 is 17.5 Å². The van der Waals surface area contributed by atoms with Gasteiger partial charge in [-0.2, -0.15) is 0 Å². The van der Waals surface area contributed by atoms with Crippen LogP contribution < -0.4 is 0 Å². The van der Waals surface area contributed by atoms with Crippen LogP contribution in [0.1, 0.15) is 31.0 Å². The standard InChI is InChI=1S/C18H23ClN2O/c1-2-3-11-21(18(22)13-19)15-17-10-7-12-20(17)14-16-8-5-4-6-9-16/h4-10,12H,2-3,11,13-15H2,1H3. The van der Waals surface area contributed by atoms with Gasteiger partial charge in [-0.15, -0.1) is 11.6 Å². The first-order valence-electron chi connectivity index (χ1n) is 7.76. The first-order valence-corrected chi connectivity index (χ1v) is 8.29. The highest BCUT2D eigenvalue weighted by Crippen LogP contribution is 2.12. The summed E-state index contributed by atoms with van der Waals surface area (Å²) in [5, 5.41) is 0. The number of amides is 1. The molecule has 0 aliphatic carbocycles. The Morgan fingerprint density at radius 1 is 1.18 bits per heavy atom. The Hall–Kier alpha value is -1.74. The van der Waals surface area contributed by atoms with Gasteiger partial charge in [0.15, 0.2) is 0 Å². The third kappa shape index (κ3) is 4.63. The second-order valence-corrected chi connectivity index (χ2v) is 5.68. The summed E-state index contributed by atoms with van der Waals surface area (Å²) in [6.45, 7) is 4.32. The topological polar surface area (TPSA) is 25.2 Å². The van der Waals surface area contributed by atoms with Crippen molar-refractivity contribution in [1.82, 2.24) is 9.47 Å². The predicted octanol–water partition coefficient (Wildman–Crippen LogP) is 3.90. The molecule has 0 fully saturated rings. The SMILES string of the molecule is CCCCN(Cc1cccn1Cc1ccccc1)C(=O)CCl. The van der Waals surface area contributed by atoms with Crippen molar-refractivity contribution in [3.05, 3.63) is 59.9 Å². The number of carbonyl (C=O) groups excluding carboxylic acids is 1. The molecule has 0 aliphatic heterocycles. The quantitative estimate of drug-likeness (QED) is 0.678. The zero-order valence-corrected chi connectivity index (χ0v) is 13.8. The minimum Gasteiger partial charge on any atom is -0.345 e. The van der Waals surface area contributed by atoms with Gasteiger partial charge in [0.25, 0.3) is 0 Å². The van der Waals surface area contributed by atoms with Gasteiger partial charge < -0.3 is 9.47 Å². The summed E-state index contributed by atoms with van der Waals surface area (Å²) < 4.78 is 2.19. The van der Waals surface area contributed by atoms with Crippen molar-refractivity contribution in [3.8, 4) is 0 Å². The molecule has 3 nitrogen and oxygen atoms in total. The summed E-state index contributed by atoms with van der Waals surface area (Å²) in [4.78, 5) is 13.9. The van der Waals surface area contributed by atoms with E-state index in [9.17, 15) is 4.79 Å². The van der Waals surface area contributed by atoms with Gasteiger partial charge in [0.05, 0.1) is 6.54 Å². The lowest BCUT2D eigenvalue weighted by atomic mass is 10.2. The maximum Gasteiger partial charge on any atom is 0.237 e. The fourth-order valence-corrected chi connectivity index (χ4v) is 2.62. The summed E-state index contributed by atoms with van der Waals surface area (Å²) in [6, 6.07) is 14.4. The van der Waals surface area contributed by atoms with Crippen LogP contribution in [0, 0.1) is 0 Å². The first kappa shape index (κ1) is 16.6. The molecule has 118 valence electrons. The highest BCUT2D eigenvalue weighted by Gasteiger charge is 2.14. The molecule has 1 aromatic heterocycles. The van der Waals surface area contributed by atoms with Gasteiger partial charge in [-0.05, 0) is 24.1 Å². The number of rotatable bonds is 8. The van der Waals surface area contributed by atoms with E-state index in [1.54, 1.807) is 0 Å². The molecule has 22 heavy (non-hydrogen) atoms. The second kappa shape index (κ2) is 8.64. The third-order valence-corrected chi connectivity index (χ3v) is 3.95. The summed E-state index contributed by atoms with van der Waals surface area (Å²) in [5.41, 5.74) is 2.39. The van der Waals surface area contributed by atoms with E-state index in [0.717, 1.165) is 31.6 Å². The third-order valence-electron chi connectivity index (χ3n) is 3.72. The smallest absolute Gasteiger partial charge is 0.237 e. The molecule has 2 rings (SSSR count). The molecule has 0 saturated carbocycles. The van der Waals surface area contributed by atoms with Crippen molar-refractivity contribution in [2.45, 2.75) is 32.9 Å². The summed E-state index contributed by atoms with van der Waals surface area (Å²) in [5.74, 6) is 0.0471. The summed E-state index contributed by atoms with van der Waals surface area (Å²) in [6.07, 6.45) is 4.13. The fourth-order valence-electron chi connectivity index (χ4n) is 2.45. The van der Waals surface area contributed by atoms with Crippen LogP contribution in [0.2, 0.25) is 0 Å². The monoisotopic (exact) mass is 318 g/mol. The van der Waals surface area contributed by atoms with Crippen LogP contribution in [0.5, 0.6) is 0 Å². The van der Waals surface area contributed by atoms with Crippen molar-refractivity contribution in [1.29, 1.82) is 0 Å². The van der Waals surface area contributed by atoms with E-state index in [1.807, 2.05) is 29.2 Å². The van der Waals surface area contributed by atoms with Crippen LogP contribution in [0.25, 0.3) is 0 Å². The van der Waals surface area contributed by atoms with Crippen LogP contribution in [0.4, 0.5) is 0 Å². The summed E-state index contributed by atoms with van der Waals surface area (Å²) >= 11 is 5.74. The molecule has 1 heterocycles. The van der Waals surface area contributed by atoms with Gasteiger partial charge in [-0.1, -0.05) is 43.7 Å². The maximum atomic E-state index is 12.0. The predicted molar refractivity (Wildman–Crippen MR) is 91.0 cm³/mol. The highest BCUT2D eigenvalue weighted by atomic mass is 35.5. The molecule has 0 radical (unpaired) electrons. The number of carbonyl (C=O) groups is 1. The Kier molecular flexibility index (Phi) is 6.53. The van der Waals surface area contributed by atoms with Crippen LogP contribution in [-0.2, 0) is 17.9 Å². The molecule has 0 N–H and O–H groups in total.